The molecule has 4 nitrogen and oxygen atoms in total. The molecule has 4 aromatic carbocycles. The molecule has 0 fully saturated rings. The van der Waals surface area contributed by atoms with E-state index < -0.39 is 10.0 Å². The lowest BCUT2D eigenvalue weighted by Crippen LogP contribution is -2.12. The van der Waals surface area contributed by atoms with E-state index in [1.807, 2.05) is 36.4 Å². The van der Waals surface area contributed by atoms with Crippen LogP contribution in [0.3, 0.4) is 0 Å². The topological polar surface area (TPSA) is 55.4 Å². The van der Waals surface area contributed by atoms with Crippen LogP contribution in [-0.4, -0.2) is 15.5 Å². The van der Waals surface area contributed by atoms with Crippen LogP contribution in [0.25, 0.3) is 11.6 Å². The molecule has 1 aliphatic rings. The van der Waals surface area contributed by atoms with Crippen molar-refractivity contribution < 1.29 is 13.2 Å². The van der Waals surface area contributed by atoms with Crippen molar-refractivity contribution in [2.45, 2.75) is 17.7 Å². The molecule has 1 aliphatic carbocycles. The minimum Gasteiger partial charge on any atom is -0.497 e. The summed E-state index contributed by atoms with van der Waals surface area (Å²) in [5.74, 6) is 0.600. The summed E-state index contributed by atoms with van der Waals surface area (Å²) < 4.78 is 33.7. The first-order valence-electron chi connectivity index (χ1n) is 11.3. The molecule has 35 heavy (non-hydrogen) atoms. The summed E-state index contributed by atoms with van der Waals surface area (Å²) in [5, 5.41) is 0.726. The maximum atomic E-state index is 12.9. The number of sulfonamides is 1. The van der Waals surface area contributed by atoms with E-state index in [9.17, 15) is 8.42 Å². The van der Waals surface area contributed by atoms with E-state index in [1.165, 1.54) is 28.8 Å². The van der Waals surface area contributed by atoms with E-state index in [4.69, 9.17) is 16.3 Å². The van der Waals surface area contributed by atoms with E-state index in [0.29, 0.717) is 11.4 Å². The van der Waals surface area contributed by atoms with E-state index in [0.717, 1.165) is 34.6 Å². The minimum absolute atomic E-state index is 0.172. The van der Waals surface area contributed by atoms with Gasteiger partial charge in [-0.3, -0.25) is 4.72 Å². The molecule has 6 heteroatoms. The highest BCUT2D eigenvalue weighted by atomic mass is 35.5. The molecule has 0 saturated heterocycles. The van der Waals surface area contributed by atoms with Crippen molar-refractivity contribution in [2.24, 2.45) is 0 Å². The molecule has 1 N–H and O–H groups in total. The number of fused-ring (bicyclic) bond motifs is 2. The number of hydrogen-bond acceptors (Lipinski definition) is 3. The summed E-state index contributed by atoms with van der Waals surface area (Å²) >= 11 is 6.31. The minimum atomic E-state index is -3.74. The fourth-order valence-electron chi connectivity index (χ4n) is 4.43. The van der Waals surface area contributed by atoms with E-state index in [1.54, 1.807) is 25.3 Å². The summed E-state index contributed by atoms with van der Waals surface area (Å²) in [7, 11) is -2.19. The average Bonchev–Trinajstić information content (AvgIpc) is 3.01. The van der Waals surface area contributed by atoms with Crippen molar-refractivity contribution in [1.29, 1.82) is 0 Å². The van der Waals surface area contributed by atoms with Gasteiger partial charge in [-0.1, -0.05) is 54.1 Å². The van der Waals surface area contributed by atoms with Crippen LogP contribution < -0.4 is 9.46 Å². The normalized spacial score (nSPS) is 14.1. The second-order valence-electron chi connectivity index (χ2n) is 8.42. The number of aryl methyl sites for hydroxylation is 2. The van der Waals surface area contributed by atoms with Crippen molar-refractivity contribution in [3.05, 3.63) is 124 Å². The SMILES string of the molecule is COc1ccc(S(=O)(=O)Nc2cccc(C=C3c4ccccc4CCc4cc(Cl)ccc43)c2)cc1. The Morgan fingerprint density at radius 2 is 1.57 bits per heavy atom. The highest BCUT2D eigenvalue weighted by molar-refractivity contribution is 7.92. The molecule has 0 bridgehead atoms. The Labute approximate surface area is 210 Å². The molecular formula is C29H24ClNO3S. The first-order valence-corrected chi connectivity index (χ1v) is 13.1. The van der Waals surface area contributed by atoms with Gasteiger partial charge < -0.3 is 4.74 Å². The number of halogens is 1. The Morgan fingerprint density at radius 1 is 0.829 bits per heavy atom. The van der Waals surface area contributed by atoms with Gasteiger partial charge in [0.2, 0.25) is 0 Å². The Morgan fingerprint density at radius 3 is 2.37 bits per heavy atom. The van der Waals surface area contributed by atoms with Gasteiger partial charge in [-0.25, -0.2) is 8.42 Å². The van der Waals surface area contributed by atoms with Gasteiger partial charge in [0.15, 0.2) is 0 Å². The van der Waals surface area contributed by atoms with Gasteiger partial charge in [0.1, 0.15) is 5.75 Å². The summed E-state index contributed by atoms with van der Waals surface area (Å²) in [4.78, 5) is 0.172. The number of nitrogens with one attached hydrogen (secondary N) is 1. The third-order valence-electron chi connectivity index (χ3n) is 6.15. The van der Waals surface area contributed by atoms with Crippen LogP contribution in [0.15, 0.2) is 95.9 Å². The predicted octanol–water partition coefficient (Wildman–Crippen LogP) is 6.84. The molecule has 0 saturated carbocycles. The molecule has 0 amide bonds. The highest BCUT2D eigenvalue weighted by Gasteiger charge is 2.19. The second kappa shape index (κ2) is 9.61. The van der Waals surface area contributed by atoms with Crippen LogP contribution in [0.5, 0.6) is 5.75 Å². The molecule has 0 radical (unpaired) electrons. The van der Waals surface area contributed by atoms with Gasteiger partial charge in [-0.2, -0.15) is 0 Å². The summed E-state index contributed by atoms with van der Waals surface area (Å²) in [5.41, 5.74) is 7.29. The first-order chi connectivity index (χ1) is 16.9. The maximum absolute atomic E-state index is 12.9. The van der Waals surface area contributed by atoms with Gasteiger partial charge in [0.25, 0.3) is 10.0 Å². The molecule has 0 spiro atoms. The third kappa shape index (κ3) is 4.97. The third-order valence-corrected chi connectivity index (χ3v) is 7.78. The molecule has 176 valence electrons. The molecule has 0 aliphatic heterocycles. The van der Waals surface area contributed by atoms with Crippen LogP contribution in [-0.2, 0) is 22.9 Å². The summed E-state index contributed by atoms with van der Waals surface area (Å²) in [6.45, 7) is 0. The van der Waals surface area contributed by atoms with Crippen LogP contribution in [0.4, 0.5) is 5.69 Å². The van der Waals surface area contributed by atoms with Crippen LogP contribution in [0, 0.1) is 0 Å². The quantitative estimate of drug-likeness (QED) is 0.326. The number of ether oxygens (including phenoxy) is 1. The van der Waals surface area contributed by atoms with Crippen LogP contribution in [0.2, 0.25) is 5.02 Å². The van der Waals surface area contributed by atoms with Gasteiger partial charge in [0, 0.05) is 10.7 Å². The van der Waals surface area contributed by atoms with Gasteiger partial charge in [0.05, 0.1) is 12.0 Å². The summed E-state index contributed by atoms with van der Waals surface area (Å²) in [6.07, 6.45) is 3.95. The number of anilines is 1. The lowest BCUT2D eigenvalue weighted by Gasteiger charge is -2.13. The molecular weight excluding hydrogens is 478 g/mol. The number of rotatable bonds is 5. The fourth-order valence-corrected chi connectivity index (χ4v) is 5.67. The zero-order valence-corrected chi connectivity index (χ0v) is 20.7. The fraction of sp³-hybridized carbons (Fsp3) is 0.103. The second-order valence-corrected chi connectivity index (χ2v) is 10.5. The standard InChI is InChI=1S/C29H24ClNO3S/c1-34-25-12-14-26(15-13-25)35(32,33)31-24-7-4-5-20(17-24)18-29-27-8-3-2-6-21(27)9-10-22-19-23(30)11-16-28(22)29/h2-8,11-19,31H,9-10H2,1H3. The van der Waals surface area contributed by atoms with E-state index in [-0.39, 0.29) is 4.90 Å². The molecule has 0 atom stereocenters. The Kier molecular flexibility index (Phi) is 6.37. The Hall–Kier alpha value is -3.54. The van der Waals surface area contributed by atoms with Crippen molar-refractivity contribution >= 4 is 39.0 Å². The van der Waals surface area contributed by atoms with Gasteiger partial charge >= 0.3 is 0 Å². The summed E-state index contributed by atoms with van der Waals surface area (Å²) in [6, 6.07) is 28.2. The zero-order chi connectivity index (χ0) is 24.4. The number of benzene rings is 4. The monoisotopic (exact) mass is 501 g/mol. The number of hydrogen-bond donors (Lipinski definition) is 1. The van der Waals surface area contributed by atoms with E-state index in [2.05, 4.69) is 35.1 Å². The maximum Gasteiger partial charge on any atom is 0.261 e. The molecule has 0 aromatic heterocycles. The Balaban J connectivity index is 1.53. The highest BCUT2D eigenvalue weighted by Crippen LogP contribution is 2.36. The van der Waals surface area contributed by atoms with Crippen LogP contribution in [0.1, 0.15) is 27.8 Å². The molecule has 4 aromatic rings. The van der Waals surface area contributed by atoms with Gasteiger partial charge in [-0.05, 0) is 101 Å². The van der Waals surface area contributed by atoms with Crippen molar-refractivity contribution in [1.82, 2.24) is 0 Å². The van der Waals surface area contributed by atoms with E-state index >= 15 is 0 Å². The number of methoxy groups -OCH3 is 1. The van der Waals surface area contributed by atoms with Gasteiger partial charge in [-0.15, -0.1) is 0 Å². The van der Waals surface area contributed by atoms with Crippen molar-refractivity contribution in [3.63, 3.8) is 0 Å². The zero-order valence-electron chi connectivity index (χ0n) is 19.2. The smallest absolute Gasteiger partial charge is 0.261 e. The van der Waals surface area contributed by atoms with Crippen molar-refractivity contribution in [3.8, 4) is 5.75 Å². The average molecular weight is 502 g/mol. The largest absolute Gasteiger partial charge is 0.497 e. The lowest BCUT2D eigenvalue weighted by atomic mass is 9.92. The predicted molar refractivity (Wildman–Crippen MR) is 143 cm³/mol. The molecule has 5 rings (SSSR count). The van der Waals surface area contributed by atoms with Crippen LogP contribution >= 0.6 is 11.6 Å². The van der Waals surface area contributed by atoms with Crippen molar-refractivity contribution in [2.75, 3.05) is 11.8 Å². The molecule has 0 heterocycles. The molecule has 0 unspecified atom stereocenters. The first kappa shape index (κ1) is 23.2. The Bertz CT molecular complexity index is 1530. The lowest BCUT2D eigenvalue weighted by molar-refractivity contribution is 0.414.